The Kier molecular flexibility index (Phi) is 3.61. The van der Waals surface area contributed by atoms with Gasteiger partial charge >= 0.3 is 0 Å². The fourth-order valence-electron chi connectivity index (χ4n) is 0.692. The van der Waals surface area contributed by atoms with Crippen molar-refractivity contribution in [1.82, 2.24) is 0 Å². The van der Waals surface area contributed by atoms with E-state index in [-0.39, 0.29) is 0 Å². The number of hydrogen-bond acceptors (Lipinski definition) is 2. The van der Waals surface area contributed by atoms with E-state index in [4.69, 9.17) is 16.4 Å². The largest absolute Gasteiger partial charge is 0.396 e. The molecule has 0 aliphatic heterocycles. The third-order valence-corrected chi connectivity index (χ3v) is 1.58. The standard InChI is InChI=1S/C9H9ClNO/c1-2-12-11-7-8-5-3-4-6-9(8)10/h4-7H,2H2,1H3/b11-7+. The molecule has 0 amide bonds. The highest BCUT2D eigenvalue weighted by atomic mass is 35.5. The summed E-state index contributed by atoms with van der Waals surface area (Å²) < 4.78 is 0. The Morgan fingerprint density at radius 3 is 3.25 bits per heavy atom. The number of nitrogens with zero attached hydrogens (tertiary/aromatic N) is 1. The van der Waals surface area contributed by atoms with Crippen LogP contribution in [0.25, 0.3) is 0 Å². The highest BCUT2D eigenvalue weighted by molar-refractivity contribution is 6.33. The molecule has 0 atom stereocenters. The molecule has 1 aromatic rings. The van der Waals surface area contributed by atoms with Crippen molar-refractivity contribution in [3.8, 4) is 0 Å². The van der Waals surface area contributed by atoms with Gasteiger partial charge in [0.05, 0.1) is 6.21 Å². The minimum Gasteiger partial charge on any atom is -0.396 e. The molecular formula is C9H9ClNO. The third-order valence-electron chi connectivity index (χ3n) is 1.24. The molecule has 0 saturated carbocycles. The normalized spacial score (nSPS) is 10.5. The van der Waals surface area contributed by atoms with E-state index < -0.39 is 0 Å². The Balaban J connectivity index is 2.68. The zero-order chi connectivity index (χ0) is 8.81. The van der Waals surface area contributed by atoms with Crippen LogP contribution in [0.5, 0.6) is 0 Å². The summed E-state index contributed by atoms with van der Waals surface area (Å²) in [4.78, 5) is 4.79. The van der Waals surface area contributed by atoms with Crippen LogP contribution in [0, 0.1) is 6.07 Å². The maximum Gasteiger partial charge on any atom is 0.114 e. The first kappa shape index (κ1) is 9.07. The summed E-state index contributed by atoms with van der Waals surface area (Å²) in [5.74, 6) is 0. The van der Waals surface area contributed by atoms with Crippen molar-refractivity contribution in [3.05, 3.63) is 34.9 Å². The van der Waals surface area contributed by atoms with Crippen LogP contribution in [-0.4, -0.2) is 12.8 Å². The Morgan fingerprint density at radius 1 is 1.75 bits per heavy atom. The van der Waals surface area contributed by atoms with Crippen molar-refractivity contribution >= 4 is 17.8 Å². The van der Waals surface area contributed by atoms with Crippen molar-refractivity contribution in [2.75, 3.05) is 6.61 Å². The summed E-state index contributed by atoms with van der Waals surface area (Å²) in [7, 11) is 0. The summed E-state index contributed by atoms with van der Waals surface area (Å²) in [5.41, 5.74) is 0.813. The quantitative estimate of drug-likeness (QED) is 0.520. The number of benzene rings is 1. The summed E-state index contributed by atoms with van der Waals surface area (Å²) in [5, 5.41) is 4.34. The predicted octanol–water partition coefficient (Wildman–Crippen LogP) is 2.51. The van der Waals surface area contributed by atoms with Crippen LogP contribution in [0.4, 0.5) is 0 Å². The molecule has 0 bridgehead atoms. The second-order valence-electron chi connectivity index (χ2n) is 2.10. The lowest BCUT2D eigenvalue weighted by Crippen LogP contribution is -1.85. The van der Waals surface area contributed by atoms with E-state index in [0.717, 1.165) is 5.56 Å². The molecule has 3 heteroatoms. The van der Waals surface area contributed by atoms with Crippen LogP contribution in [0.15, 0.2) is 23.4 Å². The molecule has 0 aromatic heterocycles. The van der Waals surface area contributed by atoms with Gasteiger partial charge in [-0.2, -0.15) is 0 Å². The first-order valence-corrected chi connectivity index (χ1v) is 4.03. The molecular weight excluding hydrogens is 174 g/mol. The van der Waals surface area contributed by atoms with E-state index in [9.17, 15) is 0 Å². The lowest BCUT2D eigenvalue weighted by Gasteiger charge is -1.95. The van der Waals surface area contributed by atoms with E-state index in [2.05, 4.69) is 11.2 Å². The zero-order valence-corrected chi connectivity index (χ0v) is 7.51. The molecule has 0 aliphatic carbocycles. The molecule has 1 radical (unpaired) electrons. The summed E-state index contributed by atoms with van der Waals surface area (Å²) in [6.45, 7) is 2.43. The first-order valence-electron chi connectivity index (χ1n) is 3.65. The van der Waals surface area contributed by atoms with Gasteiger partial charge in [0.2, 0.25) is 0 Å². The fraction of sp³-hybridized carbons (Fsp3) is 0.222. The van der Waals surface area contributed by atoms with Gasteiger partial charge < -0.3 is 4.84 Å². The monoisotopic (exact) mass is 182 g/mol. The predicted molar refractivity (Wildman–Crippen MR) is 49.5 cm³/mol. The summed E-state index contributed by atoms with van der Waals surface area (Å²) >= 11 is 5.84. The highest BCUT2D eigenvalue weighted by Crippen LogP contribution is 2.11. The minimum absolute atomic E-state index is 0.560. The molecule has 12 heavy (non-hydrogen) atoms. The molecule has 0 aliphatic rings. The summed E-state index contributed by atoms with van der Waals surface area (Å²) in [6, 6.07) is 8.16. The molecule has 0 unspecified atom stereocenters. The van der Waals surface area contributed by atoms with Gasteiger partial charge in [-0.05, 0) is 25.1 Å². The Labute approximate surface area is 76.8 Å². The molecule has 0 saturated heterocycles. The molecule has 0 spiro atoms. The maximum absolute atomic E-state index is 5.84. The van der Waals surface area contributed by atoms with Crippen LogP contribution >= 0.6 is 11.6 Å². The van der Waals surface area contributed by atoms with Crippen molar-refractivity contribution in [1.29, 1.82) is 0 Å². The topological polar surface area (TPSA) is 21.6 Å². The van der Waals surface area contributed by atoms with E-state index in [1.165, 1.54) is 0 Å². The second-order valence-corrected chi connectivity index (χ2v) is 2.51. The molecule has 1 aromatic carbocycles. The van der Waals surface area contributed by atoms with Crippen molar-refractivity contribution in [2.45, 2.75) is 6.92 Å². The van der Waals surface area contributed by atoms with Gasteiger partial charge in [-0.25, -0.2) is 0 Å². The average molecular weight is 183 g/mol. The van der Waals surface area contributed by atoms with Gasteiger partial charge in [-0.3, -0.25) is 0 Å². The third kappa shape index (κ3) is 2.55. The molecule has 63 valence electrons. The van der Waals surface area contributed by atoms with Gasteiger partial charge in [0.25, 0.3) is 0 Å². The minimum atomic E-state index is 0.560. The van der Waals surface area contributed by atoms with Gasteiger partial charge in [0.15, 0.2) is 0 Å². The number of halogens is 1. The van der Waals surface area contributed by atoms with Crippen LogP contribution in [-0.2, 0) is 4.84 Å². The van der Waals surface area contributed by atoms with Crippen molar-refractivity contribution < 1.29 is 4.84 Å². The van der Waals surface area contributed by atoms with Crippen LogP contribution in [0.2, 0.25) is 5.02 Å². The number of rotatable bonds is 3. The highest BCUT2D eigenvalue weighted by Gasteiger charge is 1.93. The number of hydrogen-bond donors (Lipinski definition) is 0. The average Bonchev–Trinajstić information content (AvgIpc) is 2.09. The van der Waals surface area contributed by atoms with Crippen LogP contribution in [0.3, 0.4) is 0 Å². The second kappa shape index (κ2) is 4.78. The van der Waals surface area contributed by atoms with Crippen LogP contribution in [0.1, 0.15) is 12.5 Å². The molecule has 1 rings (SSSR count). The SMILES string of the molecule is CCO/N=C/c1c[c]ccc1Cl. The first-order chi connectivity index (χ1) is 5.84. The molecule has 2 nitrogen and oxygen atoms in total. The molecule has 0 heterocycles. The van der Waals surface area contributed by atoms with Gasteiger partial charge in [0.1, 0.15) is 6.61 Å². The Morgan fingerprint density at radius 2 is 2.58 bits per heavy atom. The molecule has 0 fully saturated rings. The maximum atomic E-state index is 5.84. The smallest absolute Gasteiger partial charge is 0.114 e. The summed E-state index contributed by atoms with van der Waals surface area (Å²) in [6.07, 6.45) is 1.57. The van der Waals surface area contributed by atoms with Gasteiger partial charge in [-0.1, -0.05) is 22.8 Å². The van der Waals surface area contributed by atoms with Crippen molar-refractivity contribution in [2.24, 2.45) is 5.16 Å². The van der Waals surface area contributed by atoms with Gasteiger partial charge in [-0.15, -0.1) is 0 Å². The Hall–Kier alpha value is -1.02. The molecule has 0 N–H and O–H groups in total. The Bertz CT molecular complexity index is 273. The fourth-order valence-corrected chi connectivity index (χ4v) is 0.858. The van der Waals surface area contributed by atoms with E-state index >= 15 is 0 Å². The van der Waals surface area contributed by atoms with Crippen molar-refractivity contribution in [3.63, 3.8) is 0 Å². The van der Waals surface area contributed by atoms with Crippen LogP contribution < -0.4 is 0 Å². The van der Waals surface area contributed by atoms with E-state index in [0.29, 0.717) is 11.6 Å². The lowest BCUT2D eigenvalue weighted by atomic mass is 10.2. The van der Waals surface area contributed by atoms with E-state index in [1.54, 1.807) is 24.4 Å². The zero-order valence-electron chi connectivity index (χ0n) is 6.75. The van der Waals surface area contributed by atoms with Gasteiger partial charge in [0, 0.05) is 10.6 Å². The van der Waals surface area contributed by atoms with E-state index in [1.807, 2.05) is 6.92 Å². The number of oxime groups is 1. The lowest BCUT2D eigenvalue weighted by molar-refractivity contribution is 0.160.